The molecule has 3 aromatic rings. The quantitative estimate of drug-likeness (QED) is 0.393. The standard InChI is InChI=1S/C21H24N4O3S/c1-2-27-18-10-8-16(9-11-18)20-23-24-21(29)25(20)14-12-19(26)22-13-15-28-17-6-4-3-5-7-17/h3-11H,2,12-15H2,1H3,(H,22,26)(H,24,29). The SMILES string of the molecule is CCOc1ccc(-c2n[nH]c(=S)n2CCC(=O)NCCOc2ccccc2)cc1. The third kappa shape index (κ3) is 5.92. The molecule has 0 spiro atoms. The fraction of sp³-hybridized carbons (Fsp3) is 0.286. The minimum absolute atomic E-state index is 0.0672. The van der Waals surface area contributed by atoms with Crippen LogP contribution in [0.3, 0.4) is 0 Å². The van der Waals surface area contributed by atoms with Crippen LogP contribution in [0, 0.1) is 4.77 Å². The highest BCUT2D eigenvalue weighted by Gasteiger charge is 2.11. The maximum atomic E-state index is 12.2. The molecule has 1 heterocycles. The van der Waals surface area contributed by atoms with Crippen LogP contribution in [0.1, 0.15) is 13.3 Å². The number of carbonyl (C=O) groups is 1. The van der Waals surface area contributed by atoms with E-state index in [2.05, 4.69) is 15.5 Å². The number of hydrogen-bond donors (Lipinski definition) is 2. The summed E-state index contributed by atoms with van der Waals surface area (Å²) in [4.78, 5) is 12.2. The average molecular weight is 413 g/mol. The molecule has 152 valence electrons. The summed E-state index contributed by atoms with van der Waals surface area (Å²) < 4.78 is 13.3. The number of hydrogen-bond acceptors (Lipinski definition) is 5. The van der Waals surface area contributed by atoms with Crippen molar-refractivity contribution >= 4 is 18.1 Å². The number of carbonyl (C=O) groups excluding carboxylic acids is 1. The van der Waals surface area contributed by atoms with E-state index in [1.807, 2.05) is 66.1 Å². The summed E-state index contributed by atoms with van der Waals surface area (Å²) in [6.07, 6.45) is 0.295. The van der Waals surface area contributed by atoms with Crippen molar-refractivity contribution in [3.05, 3.63) is 59.4 Å². The van der Waals surface area contributed by atoms with Crippen LogP contribution in [0.4, 0.5) is 0 Å². The van der Waals surface area contributed by atoms with Gasteiger partial charge in [0.15, 0.2) is 10.6 Å². The van der Waals surface area contributed by atoms with Crippen molar-refractivity contribution in [2.45, 2.75) is 19.9 Å². The molecular weight excluding hydrogens is 388 g/mol. The van der Waals surface area contributed by atoms with Crippen molar-refractivity contribution in [3.8, 4) is 22.9 Å². The molecule has 2 aromatic carbocycles. The maximum Gasteiger partial charge on any atom is 0.221 e. The van der Waals surface area contributed by atoms with Gasteiger partial charge in [0.1, 0.15) is 18.1 Å². The number of H-pyrrole nitrogens is 1. The van der Waals surface area contributed by atoms with Crippen molar-refractivity contribution in [2.75, 3.05) is 19.8 Å². The molecule has 0 bridgehead atoms. The highest BCUT2D eigenvalue weighted by molar-refractivity contribution is 7.71. The van der Waals surface area contributed by atoms with Crippen LogP contribution in [0.25, 0.3) is 11.4 Å². The van der Waals surface area contributed by atoms with Gasteiger partial charge in [0.05, 0.1) is 13.2 Å². The van der Waals surface area contributed by atoms with Gasteiger partial charge in [-0.2, -0.15) is 5.10 Å². The minimum atomic E-state index is -0.0672. The lowest BCUT2D eigenvalue weighted by Crippen LogP contribution is -2.28. The zero-order valence-electron chi connectivity index (χ0n) is 16.3. The maximum absolute atomic E-state index is 12.2. The van der Waals surface area contributed by atoms with E-state index >= 15 is 0 Å². The van der Waals surface area contributed by atoms with E-state index in [4.69, 9.17) is 21.7 Å². The molecule has 0 saturated heterocycles. The minimum Gasteiger partial charge on any atom is -0.494 e. The summed E-state index contributed by atoms with van der Waals surface area (Å²) in [5.74, 6) is 2.21. The van der Waals surface area contributed by atoms with E-state index in [0.29, 0.717) is 43.3 Å². The molecule has 0 radical (unpaired) electrons. The summed E-state index contributed by atoms with van der Waals surface area (Å²) in [7, 11) is 0. The highest BCUT2D eigenvalue weighted by Crippen LogP contribution is 2.21. The second-order valence-electron chi connectivity index (χ2n) is 6.22. The Morgan fingerprint density at radius 1 is 1.10 bits per heavy atom. The summed E-state index contributed by atoms with van der Waals surface area (Å²) in [5.41, 5.74) is 0.900. The number of para-hydroxylation sites is 1. The van der Waals surface area contributed by atoms with Gasteiger partial charge in [0, 0.05) is 18.5 Å². The predicted octanol–water partition coefficient (Wildman–Crippen LogP) is 3.59. The molecule has 0 fully saturated rings. The van der Waals surface area contributed by atoms with Gasteiger partial charge in [0.2, 0.25) is 5.91 Å². The number of nitrogens with zero attached hydrogens (tertiary/aromatic N) is 2. The van der Waals surface area contributed by atoms with E-state index in [-0.39, 0.29) is 5.91 Å². The molecule has 7 nitrogen and oxygen atoms in total. The van der Waals surface area contributed by atoms with Crippen LogP contribution >= 0.6 is 12.2 Å². The van der Waals surface area contributed by atoms with Gasteiger partial charge in [-0.15, -0.1) is 0 Å². The molecule has 0 atom stereocenters. The Hall–Kier alpha value is -3.13. The van der Waals surface area contributed by atoms with Gasteiger partial charge < -0.3 is 14.8 Å². The van der Waals surface area contributed by atoms with Gasteiger partial charge in [-0.3, -0.25) is 14.5 Å². The topological polar surface area (TPSA) is 81.2 Å². The van der Waals surface area contributed by atoms with Gasteiger partial charge in [-0.1, -0.05) is 18.2 Å². The fourth-order valence-corrected chi connectivity index (χ4v) is 3.01. The zero-order valence-corrected chi connectivity index (χ0v) is 17.1. The third-order valence-electron chi connectivity index (χ3n) is 4.18. The Bertz CT molecular complexity index is 968. The first-order chi connectivity index (χ1) is 14.2. The first kappa shape index (κ1) is 20.6. The molecule has 1 amide bonds. The number of rotatable bonds is 10. The Kier molecular flexibility index (Phi) is 7.40. The van der Waals surface area contributed by atoms with Gasteiger partial charge in [0.25, 0.3) is 0 Å². The normalized spacial score (nSPS) is 10.5. The Morgan fingerprint density at radius 3 is 2.55 bits per heavy atom. The van der Waals surface area contributed by atoms with Crippen LogP contribution in [0.2, 0.25) is 0 Å². The number of aromatic amines is 1. The van der Waals surface area contributed by atoms with Gasteiger partial charge >= 0.3 is 0 Å². The monoisotopic (exact) mass is 412 g/mol. The van der Waals surface area contributed by atoms with Crippen LogP contribution in [-0.2, 0) is 11.3 Å². The van der Waals surface area contributed by atoms with Crippen LogP contribution in [-0.4, -0.2) is 40.4 Å². The van der Waals surface area contributed by atoms with E-state index in [1.165, 1.54) is 0 Å². The molecule has 0 unspecified atom stereocenters. The number of ether oxygens (including phenoxy) is 2. The van der Waals surface area contributed by atoms with E-state index in [9.17, 15) is 4.79 Å². The Morgan fingerprint density at radius 2 is 1.83 bits per heavy atom. The van der Waals surface area contributed by atoms with Crippen molar-refractivity contribution in [1.82, 2.24) is 20.1 Å². The van der Waals surface area contributed by atoms with Crippen LogP contribution in [0.5, 0.6) is 11.5 Å². The lowest BCUT2D eigenvalue weighted by molar-refractivity contribution is -0.121. The second kappa shape index (κ2) is 10.4. The molecule has 2 N–H and O–H groups in total. The lowest BCUT2D eigenvalue weighted by atomic mass is 10.2. The first-order valence-electron chi connectivity index (χ1n) is 9.50. The molecule has 0 aliphatic heterocycles. The summed E-state index contributed by atoms with van der Waals surface area (Å²) in [6.45, 7) is 3.85. The van der Waals surface area contributed by atoms with Crippen molar-refractivity contribution in [1.29, 1.82) is 0 Å². The van der Waals surface area contributed by atoms with E-state index in [0.717, 1.165) is 17.1 Å². The molecule has 8 heteroatoms. The Labute approximate surface area is 174 Å². The summed E-state index contributed by atoms with van der Waals surface area (Å²) >= 11 is 5.32. The fourth-order valence-electron chi connectivity index (χ4n) is 2.79. The molecule has 0 saturated carbocycles. The summed E-state index contributed by atoms with van der Waals surface area (Å²) in [5, 5.41) is 9.96. The number of amides is 1. The van der Waals surface area contributed by atoms with Crippen molar-refractivity contribution < 1.29 is 14.3 Å². The van der Waals surface area contributed by atoms with Crippen molar-refractivity contribution in [2.24, 2.45) is 0 Å². The summed E-state index contributed by atoms with van der Waals surface area (Å²) in [6, 6.07) is 17.1. The molecular formula is C21H24N4O3S. The number of aromatic nitrogens is 3. The van der Waals surface area contributed by atoms with Crippen LogP contribution < -0.4 is 14.8 Å². The second-order valence-corrected chi connectivity index (χ2v) is 6.61. The average Bonchev–Trinajstić information content (AvgIpc) is 3.11. The van der Waals surface area contributed by atoms with E-state index in [1.54, 1.807) is 0 Å². The molecule has 3 rings (SSSR count). The largest absolute Gasteiger partial charge is 0.494 e. The first-order valence-corrected chi connectivity index (χ1v) is 9.91. The molecule has 0 aliphatic carbocycles. The molecule has 29 heavy (non-hydrogen) atoms. The number of nitrogens with one attached hydrogen (secondary N) is 2. The molecule has 0 aliphatic rings. The van der Waals surface area contributed by atoms with Gasteiger partial charge in [-0.05, 0) is 55.5 Å². The predicted molar refractivity (Wildman–Crippen MR) is 114 cm³/mol. The van der Waals surface area contributed by atoms with Crippen LogP contribution in [0.15, 0.2) is 54.6 Å². The molecule has 1 aromatic heterocycles. The highest BCUT2D eigenvalue weighted by atomic mass is 32.1. The number of benzene rings is 2. The van der Waals surface area contributed by atoms with Crippen molar-refractivity contribution in [3.63, 3.8) is 0 Å². The van der Waals surface area contributed by atoms with E-state index < -0.39 is 0 Å². The third-order valence-corrected chi connectivity index (χ3v) is 4.49. The Balaban J connectivity index is 1.50. The lowest BCUT2D eigenvalue weighted by Gasteiger charge is -2.09. The smallest absolute Gasteiger partial charge is 0.221 e. The van der Waals surface area contributed by atoms with Gasteiger partial charge in [-0.25, -0.2) is 0 Å². The zero-order chi connectivity index (χ0) is 20.5.